The van der Waals surface area contributed by atoms with Gasteiger partial charge in [0.25, 0.3) is 0 Å². The highest BCUT2D eigenvalue weighted by Crippen LogP contribution is 2.22. The van der Waals surface area contributed by atoms with E-state index in [0.717, 1.165) is 15.4 Å². The zero-order valence-corrected chi connectivity index (χ0v) is 10.5. The maximum atomic E-state index is 11.6. The molecule has 1 aromatic heterocycles. The van der Waals surface area contributed by atoms with E-state index in [1.165, 1.54) is 7.11 Å². The summed E-state index contributed by atoms with van der Waals surface area (Å²) < 4.78 is 5.63. The van der Waals surface area contributed by atoms with E-state index in [0.29, 0.717) is 11.1 Å². The number of hydrogen-bond donors (Lipinski definition) is 0. The Hall–Kier alpha value is -1.42. The maximum absolute atomic E-state index is 11.6. The molecule has 0 aliphatic carbocycles. The Balaban J connectivity index is 2.77. The van der Waals surface area contributed by atoms with Crippen molar-refractivity contribution in [2.24, 2.45) is 0 Å². The molecule has 0 atom stereocenters. The van der Waals surface area contributed by atoms with E-state index in [2.05, 4.69) is 20.9 Å². The smallest absolute Gasteiger partial charge is 0.340 e. The first-order valence-electron chi connectivity index (χ1n) is 4.76. The molecule has 0 fully saturated rings. The third-order valence-corrected chi connectivity index (χ3v) is 2.73. The lowest BCUT2D eigenvalue weighted by Gasteiger charge is -2.06. The predicted molar refractivity (Wildman–Crippen MR) is 65.5 cm³/mol. The van der Waals surface area contributed by atoms with Crippen LogP contribution in [0.25, 0.3) is 10.9 Å². The van der Waals surface area contributed by atoms with Crippen molar-refractivity contribution in [3.63, 3.8) is 0 Å². The van der Waals surface area contributed by atoms with Crippen molar-refractivity contribution in [1.82, 2.24) is 4.98 Å². The lowest BCUT2D eigenvalue weighted by molar-refractivity contribution is 0.0602. The van der Waals surface area contributed by atoms with Crippen LogP contribution in [0.2, 0.25) is 0 Å². The number of esters is 1. The normalized spacial score (nSPS) is 10.4. The first kappa shape index (κ1) is 11.1. The van der Waals surface area contributed by atoms with Crippen LogP contribution in [0.1, 0.15) is 15.9 Å². The van der Waals surface area contributed by atoms with Crippen molar-refractivity contribution in [3.8, 4) is 0 Å². The molecule has 0 spiro atoms. The number of carbonyl (C=O) groups is 1. The number of benzene rings is 1. The Morgan fingerprint density at radius 2 is 2.12 bits per heavy atom. The Bertz CT molecular complexity index is 561. The van der Waals surface area contributed by atoms with Gasteiger partial charge in [-0.15, -0.1) is 0 Å². The second-order valence-electron chi connectivity index (χ2n) is 3.53. The molecule has 82 valence electrons. The van der Waals surface area contributed by atoms with Crippen LogP contribution in [-0.2, 0) is 4.74 Å². The van der Waals surface area contributed by atoms with Crippen LogP contribution >= 0.6 is 15.9 Å². The molecular formula is C12H10BrNO2. The van der Waals surface area contributed by atoms with Crippen molar-refractivity contribution >= 4 is 32.8 Å². The number of fused-ring (bicyclic) bond motifs is 1. The Kier molecular flexibility index (Phi) is 2.92. The number of methoxy groups -OCH3 is 1. The highest BCUT2D eigenvalue weighted by atomic mass is 79.9. The van der Waals surface area contributed by atoms with E-state index in [9.17, 15) is 4.79 Å². The van der Waals surface area contributed by atoms with Crippen LogP contribution in [0.5, 0.6) is 0 Å². The fraction of sp³-hybridized carbons (Fsp3) is 0.167. The Morgan fingerprint density at radius 3 is 2.81 bits per heavy atom. The molecule has 0 N–H and O–H groups in total. The molecule has 0 amide bonds. The van der Waals surface area contributed by atoms with Gasteiger partial charge >= 0.3 is 5.97 Å². The van der Waals surface area contributed by atoms with Crippen molar-refractivity contribution in [3.05, 3.63) is 40.0 Å². The molecule has 0 radical (unpaired) electrons. The van der Waals surface area contributed by atoms with Gasteiger partial charge in [0, 0.05) is 16.1 Å². The van der Waals surface area contributed by atoms with E-state index in [4.69, 9.17) is 4.74 Å². The fourth-order valence-corrected chi connectivity index (χ4v) is 1.99. The second kappa shape index (κ2) is 4.22. The molecule has 2 rings (SSSR count). The molecule has 0 aliphatic rings. The quantitative estimate of drug-likeness (QED) is 0.753. The molecule has 2 aromatic rings. The van der Waals surface area contributed by atoms with Gasteiger partial charge in [-0.1, -0.05) is 0 Å². The molecule has 16 heavy (non-hydrogen) atoms. The molecular weight excluding hydrogens is 270 g/mol. The molecule has 0 saturated carbocycles. The number of nitrogens with zero attached hydrogens (tertiary/aromatic N) is 1. The van der Waals surface area contributed by atoms with Gasteiger partial charge in [-0.05, 0) is 46.6 Å². The largest absolute Gasteiger partial charge is 0.465 e. The Morgan fingerprint density at radius 1 is 1.38 bits per heavy atom. The minimum Gasteiger partial charge on any atom is -0.465 e. The lowest BCUT2D eigenvalue weighted by atomic mass is 10.1. The molecule has 1 aromatic carbocycles. The van der Waals surface area contributed by atoms with Crippen molar-refractivity contribution in [2.45, 2.75) is 6.92 Å². The zero-order chi connectivity index (χ0) is 11.7. The van der Waals surface area contributed by atoms with Gasteiger partial charge in [-0.25, -0.2) is 4.79 Å². The summed E-state index contributed by atoms with van der Waals surface area (Å²) in [6, 6.07) is 5.70. The van der Waals surface area contributed by atoms with Crippen LogP contribution in [-0.4, -0.2) is 18.1 Å². The summed E-state index contributed by atoms with van der Waals surface area (Å²) in [6.45, 7) is 1.94. The summed E-state index contributed by atoms with van der Waals surface area (Å²) >= 11 is 3.36. The summed E-state index contributed by atoms with van der Waals surface area (Å²) in [5.74, 6) is -0.358. The molecule has 4 heteroatoms. The van der Waals surface area contributed by atoms with Crippen LogP contribution in [0.4, 0.5) is 0 Å². The number of rotatable bonds is 1. The summed E-state index contributed by atoms with van der Waals surface area (Å²) in [4.78, 5) is 15.8. The number of aryl methyl sites for hydroxylation is 1. The van der Waals surface area contributed by atoms with Gasteiger partial charge in [0.1, 0.15) is 0 Å². The van der Waals surface area contributed by atoms with Gasteiger partial charge in [0.15, 0.2) is 0 Å². The van der Waals surface area contributed by atoms with Gasteiger partial charge in [0.05, 0.1) is 18.2 Å². The number of halogens is 1. The number of aromatic nitrogens is 1. The number of ether oxygens (including phenoxy) is 1. The second-order valence-corrected chi connectivity index (χ2v) is 4.44. The zero-order valence-electron chi connectivity index (χ0n) is 8.95. The summed E-state index contributed by atoms with van der Waals surface area (Å²) in [6.07, 6.45) is 1.67. The lowest BCUT2D eigenvalue weighted by Crippen LogP contribution is -2.03. The SMILES string of the molecule is COC(=O)c1cc(C)cc2cc(Br)cnc12. The third-order valence-electron chi connectivity index (χ3n) is 2.30. The van der Waals surface area contributed by atoms with Crippen molar-refractivity contribution in [2.75, 3.05) is 7.11 Å². The highest BCUT2D eigenvalue weighted by Gasteiger charge is 2.12. The van der Waals surface area contributed by atoms with Gasteiger partial charge < -0.3 is 4.74 Å². The molecule has 1 heterocycles. The fourth-order valence-electron chi connectivity index (χ4n) is 1.64. The summed E-state index contributed by atoms with van der Waals surface area (Å²) in [5.41, 5.74) is 2.18. The van der Waals surface area contributed by atoms with Crippen molar-refractivity contribution < 1.29 is 9.53 Å². The number of pyridine rings is 1. The highest BCUT2D eigenvalue weighted by molar-refractivity contribution is 9.10. The van der Waals surface area contributed by atoms with Crippen LogP contribution < -0.4 is 0 Å². The van der Waals surface area contributed by atoms with Crippen LogP contribution in [0.3, 0.4) is 0 Å². The number of hydrogen-bond acceptors (Lipinski definition) is 3. The molecule has 0 aliphatic heterocycles. The van der Waals surface area contributed by atoms with E-state index in [1.807, 2.05) is 19.1 Å². The number of carbonyl (C=O) groups excluding carboxylic acids is 1. The van der Waals surface area contributed by atoms with Crippen LogP contribution in [0, 0.1) is 6.92 Å². The topological polar surface area (TPSA) is 39.2 Å². The molecule has 0 bridgehead atoms. The van der Waals surface area contributed by atoms with Crippen molar-refractivity contribution in [1.29, 1.82) is 0 Å². The van der Waals surface area contributed by atoms with Gasteiger partial charge in [0.2, 0.25) is 0 Å². The minimum atomic E-state index is -0.358. The van der Waals surface area contributed by atoms with Crippen LogP contribution in [0.15, 0.2) is 28.9 Å². The predicted octanol–water partition coefficient (Wildman–Crippen LogP) is 3.09. The molecule has 0 saturated heterocycles. The van der Waals surface area contributed by atoms with Gasteiger partial charge in [-0.2, -0.15) is 0 Å². The molecule has 0 unspecified atom stereocenters. The average molecular weight is 280 g/mol. The summed E-state index contributed by atoms with van der Waals surface area (Å²) in [7, 11) is 1.37. The van der Waals surface area contributed by atoms with E-state index in [1.54, 1.807) is 12.3 Å². The maximum Gasteiger partial charge on any atom is 0.340 e. The van der Waals surface area contributed by atoms with E-state index < -0.39 is 0 Å². The minimum absolute atomic E-state index is 0.358. The third kappa shape index (κ3) is 1.93. The monoisotopic (exact) mass is 279 g/mol. The van der Waals surface area contributed by atoms with Gasteiger partial charge in [-0.3, -0.25) is 4.98 Å². The first-order chi connectivity index (χ1) is 7.61. The standard InChI is InChI=1S/C12H10BrNO2/c1-7-3-8-5-9(13)6-14-11(8)10(4-7)12(15)16-2/h3-6H,1-2H3. The van der Waals surface area contributed by atoms with E-state index >= 15 is 0 Å². The summed E-state index contributed by atoms with van der Waals surface area (Å²) in [5, 5.41) is 0.926. The average Bonchev–Trinajstić information content (AvgIpc) is 2.26. The van der Waals surface area contributed by atoms with E-state index in [-0.39, 0.29) is 5.97 Å². The Labute approximate surface area is 102 Å². The first-order valence-corrected chi connectivity index (χ1v) is 5.55. The molecule has 3 nitrogen and oxygen atoms in total.